The Morgan fingerprint density at radius 2 is 1.57 bits per heavy atom. The number of hydrogen-bond donors (Lipinski definition) is 1. The number of nitrogens with two attached hydrogens (primary N) is 1. The van der Waals surface area contributed by atoms with Crippen molar-refractivity contribution in [2.75, 3.05) is 0 Å². The van der Waals surface area contributed by atoms with Crippen molar-refractivity contribution in [1.29, 1.82) is 0 Å². The molecule has 0 fully saturated rings. The van der Waals surface area contributed by atoms with Crippen LogP contribution in [-0.4, -0.2) is 6.04 Å². The molecule has 2 unspecified atom stereocenters. The van der Waals surface area contributed by atoms with Gasteiger partial charge in [-0.05, 0) is 23.8 Å². The quantitative estimate of drug-likeness (QED) is 0.781. The molecular formula is C13H21N. The Hall–Kier alpha value is -0.820. The summed E-state index contributed by atoms with van der Waals surface area (Å²) >= 11 is 0. The lowest BCUT2D eigenvalue weighted by molar-refractivity contribution is 0.301. The molecule has 0 saturated heterocycles. The van der Waals surface area contributed by atoms with Crippen LogP contribution in [0.4, 0.5) is 0 Å². The first-order chi connectivity index (χ1) is 6.46. The van der Waals surface area contributed by atoms with E-state index in [1.165, 1.54) is 5.56 Å². The molecule has 1 rings (SSSR count). The lowest BCUT2D eigenvalue weighted by Crippen LogP contribution is -2.38. The van der Waals surface area contributed by atoms with E-state index in [0.29, 0.717) is 5.92 Å². The fraction of sp³-hybridized carbons (Fsp3) is 0.538. The highest BCUT2D eigenvalue weighted by atomic mass is 14.6. The first-order valence-electron chi connectivity index (χ1n) is 5.27. The maximum absolute atomic E-state index is 5.96. The average molecular weight is 191 g/mol. The molecule has 0 aliphatic carbocycles. The molecule has 0 bridgehead atoms. The zero-order valence-electron chi connectivity index (χ0n) is 9.62. The van der Waals surface area contributed by atoms with E-state index in [-0.39, 0.29) is 11.5 Å². The van der Waals surface area contributed by atoms with Crippen molar-refractivity contribution >= 4 is 0 Å². The molecular weight excluding hydrogens is 170 g/mol. The Morgan fingerprint density at radius 1 is 1.07 bits per heavy atom. The highest BCUT2D eigenvalue weighted by Gasteiger charge is 2.29. The third kappa shape index (κ3) is 2.16. The maximum Gasteiger partial charge on any atom is 0.00444 e. The van der Waals surface area contributed by atoms with Gasteiger partial charge in [0.25, 0.3) is 0 Å². The van der Waals surface area contributed by atoms with Gasteiger partial charge in [0.15, 0.2) is 0 Å². The molecule has 0 aliphatic heterocycles. The fourth-order valence-electron chi connectivity index (χ4n) is 1.79. The summed E-state index contributed by atoms with van der Waals surface area (Å²) in [7, 11) is 0. The van der Waals surface area contributed by atoms with Gasteiger partial charge in [0.1, 0.15) is 0 Å². The van der Waals surface area contributed by atoms with Crippen molar-refractivity contribution in [2.24, 2.45) is 11.7 Å². The van der Waals surface area contributed by atoms with E-state index in [2.05, 4.69) is 58.0 Å². The molecule has 1 nitrogen and oxygen atoms in total. The fourth-order valence-corrected chi connectivity index (χ4v) is 1.79. The molecule has 0 spiro atoms. The van der Waals surface area contributed by atoms with E-state index in [9.17, 15) is 0 Å². The van der Waals surface area contributed by atoms with E-state index in [1.807, 2.05) is 0 Å². The summed E-state index contributed by atoms with van der Waals surface area (Å²) in [6.07, 6.45) is 0. The van der Waals surface area contributed by atoms with Gasteiger partial charge >= 0.3 is 0 Å². The lowest BCUT2D eigenvalue weighted by Gasteiger charge is -2.35. The van der Waals surface area contributed by atoms with Crippen molar-refractivity contribution in [1.82, 2.24) is 0 Å². The first-order valence-corrected chi connectivity index (χ1v) is 5.27. The molecule has 0 aromatic heterocycles. The van der Waals surface area contributed by atoms with Crippen molar-refractivity contribution in [3.05, 3.63) is 35.9 Å². The normalized spacial score (nSPS) is 16.4. The SMILES string of the molecule is CC(N)C(C)C(C)(C)c1ccccc1. The summed E-state index contributed by atoms with van der Waals surface area (Å²) in [6.45, 7) is 8.82. The van der Waals surface area contributed by atoms with Crippen LogP contribution < -0.4 is 5.73 Å². The monoisotopic (exact) mass is 191 g/mol. The van der Waals surface area contributed by atoms with Gasteiger partial charge in [0, 0.05) is 6.04 Å². The summed E-state index contributed by atoms with van der Waals surface area (Å²) in [5.74, 6) is 0.477. The zero-order chi connectivity index (χ0) is 10.8. The predicted octanol–water partition coefficient (Wildman–Crippen LogP) is 2.95. The van der Waals surface area contributed by atoms with Gasteiger partial charge in [-0.25, -0.2) is 0 Å². The Morgan fingerprint density at radius 3 is 2.00 bits per heavy atom. The molecule has 0 aliphatic rings. The Labute approximate surface area is 87.3 Å². The van der Waals surface area contributed by atoms with Crippen LogP contribution in [0, 0.1) is 5.92 Å². The van der Waals surface area contributed by atoms with Crippen LogP contribution in [0.1, 0.15) is 33.3 Å². The molecule has 1 aromatic carbocycles. The predicted molar refractivity (Wildman–Crippen MR) is 62.3 cm³/mol. The van der Waals surface area contributed by atoms with Gasteiger partial charge in [0.05, 0.1) is 0 Å². The summed E-state index contributed by atoms with van der Waals surface area (Å²) < 4.78 is 0. The third-order valence-corrected chi connectivity index (χ3v) is 3.44. The Bertz CT molecular complexity index is 275. The van der Waals surface area contributed by atoms with Gasteiger partial charge in [0.2, 0.25) is 0 Å². The first kappa shape index (κ1) is 11.3. The molecule has 14 heavy (non-hydrogen) atoms. The standard InChI is InChI=1S/C13H21N/c1-10(11(2)14)13(3,4)12-8-6-5-7-9-12/h5-11H,14H2,1-4H3. The molecule has 0 radical (unpaired) electrons. The van der Waals surface area contributed by atoms with Gasteiger partial charge in [-0.15, -0.1) is 0 Å². The van der Waals surface area contributed by atoms with Crippen molar-refractivity contribution < 1.29 is 0 Å². The Kier molecular flexibility index (Phi) is 3.33. The number of benzene rings is 1. The Balaban J connectivity index is 2.96. The summed E-state index contributed by atoms with van der Waals surface area (Å²) in [6, 6.07) is 10.8. The highest BCUT2D eigenvalue weighted by molar-refractivity contribution is 5.24. The third-order valence-electron chi connectivity index (χ3n) is 3.44. The number of rotatable bonds is 3. The van der Waals surface area contributed by atoms with E-state index in [1.54, 1.807) is 0 Å². The van der Waals surface area contributed by atoms with Crippen molar-refractivity contribution in [3.8, 4) is 0 Å². The van der Waals surface area contributed by atoms with E-state index in [4.69, 9.17) is 5.73 Å². The van der Waals surface area contributed by atoms with Crippen LogP contribution in [-0.2, 0) is 5.41 Å². The maximum atomic E-state index is 5.96. The molecule has 1 aromatic rings. The summed E-state index contributed by atoms with van der Waals surface area (Å²) in [5, 5.41) is 0. The topological polar surface area (TPSA) is 26.0 Å². The molecule has 78 valence electrons. The lowest BCUT2D eigenvalue weighted by atomic mass is 9.72. The summed E-state index contributed by atoms with van der Waals surface area (Å²) in [5.41, 5.74) is 7.47. The van der Waals surface area contributed by atoms with E-state index < -0.39 is 0 Å². The molecule has 2 atom stereocenters. The van der Waals surface area contributed by atoms with Crippen LogP contribution in [0.2, 0.25) is 0 Å². The van der Waals surface area contributed by atoms with E-state index >= 15 is 0 Å². The molecule has 0 heterocycles. The number of hydrogen-bond acceptors (Lipinski definition) is 1. The molecule has 0 saturated carbocycles. The van der Waals surface area contributed by atoms with Crippen LogP contribution in [0.5, 0.6) is 0 Å². The van der Waals surface area contributed by atoms with Crippen molar-refractivity contribution in [3.63, 3.8) is 0 Å². The average Bonchev–Trinajstić information content (AvgIpc) is 2.18. The molecule has 0 amide bonds. The van der Waals surface area contributed by atoms with Gasteiger partial charge in [-0.3, -0.25) is 0 Å². The van der Waals surface area contributed by atoms with Gasteiger partial charge < -0.3 is 5.73 Å². The smallest absolute Gasteiger partial charge is 0.00444 e. The largest absolute Gasteiger partial charge is 0.328 e. The minimum atomic E-state index is 0.148. The van der Waals surface area contributed by atoms with Crippen LogP contribution >= 0.6 is 0 Å². The van der Waals surface area contributed by atoms with Crippen LogP contribution in [0.3, 0.4) is 0 Å². The second kappa shape index (κ2) is 4.14. The second-order valence-corrected chi connectivity index (χ2v) is 4.74. The van der Waals surface area contributed by atoms with E-state index in [0.717, 1.165) is 0 Å². The van der Waals surface area contributed by atoms with Gasteiger partial charge in [-0.1, -0.05) is 51.1 Å². The molecule has 1 heteroatoms. The van der Waals surface area contributed by atoms with Crippen molar-refractivity contribution in [2.45, 2.75) is 39.2 Å². The minimum absolute atomic E-state index is 0.148. The zero-order valence-corrected chi connectivity index (χ0v) is 9.62. The second-order valence-electron chi connectivity index (χ2n) is 4.74. The van der Waals surface area contributed by atoms with Crippen LogP contribution in [0.15, 0.2) is 30.3 Å². The highest BCUT2D eigenvalue weighted by Crippen LogP contribution is 2.32. The minimum Gasteiger partial charge on any atom is -0.328 e. The summed E-state index contributed by atoms with van der Waals surface area (Å²) in [4.78, 5) is 0. The van der Waals surface area contributed by atoms with Crippen LogP contribution in [0.25, 0.3) is 0 Å². The van der Waals surface area contributed by atoms with Gasteiger partial charge in [-0.2, -0.15) is 0 Å². The molecule has 2 N–H and O–H groups in total.